The van der Waals surface area contributed by atoms with Crippen LogP contribution in [0.15, 0.2) is 24.3 Å². The lowest BCUT2D eigenvalue weighted by Crippen LogP contribution is -2.23. The minimum Gasteiger partial charge on any atom is -0.376 e. The highest BCUT2D eigenvalue weighted by Gasteiger charge is 2.12. The van der Waals surface area contributed by atoms with Gasteiger partial charge in [0.05, 0.1) is 11.0 Å². The van der Waals surface area contributed by atoms with E-state index in [-0.39, 0.29) is 11.2 Å². The summed E-state index contributed by atoms with van der Waals surface area (Å²) in [6, 6.07) is 7.32. The molecule has 1 atom stereocenters. The average Bonchev–Trinajstić information content (AvgIpc) is 2.27. The van der Waals surface area contributed by atoms with E-state index in [4.69, 9.17) is 23.7 Å². The summed E-state index contributed by atoms with van der Waals surface area (Å²) in [6.07, 6.45) is 0. The van der Waals surface area contributed by atoms with Crippen LogP contribution in [0.5, 0.6) is 0 Å². The van der Waals surface area contributed by atoms with E-state index in [0.717, 1.165) is 11.0 Å². The Morgan fingerprint density at radius 1 is 1.29 bits per heavy atom. The van der Waals surface area contributed by atoms with Crippen molar-refractivity contribution in [2.24, 2.45) is 11.5 Å². The van der Waals surface area contributed by atoms with E-state index in [0.29, 0.717) is 11.5 Å². The molecule has 0 radical (unpaired) electrons. The number of hydrogen-bond donors (Lipinski definition) is 3. The molecule has 0 saturated heterocycles. The van der Waals surface area contributed by atoms with Crippen LogP contribution < -0.4 is 16.8 Å². The maximum atomic E-state index is 5.85. The first-order valence-corrected chi connectivity index (χ1v) is 5.57. The zero-order chi connectivity index (χ0) is 12.4. The fourth-order valence-corrected chi connectivity index (χ4v) is 1.64. The fourth-order valence-electron chi connectivity index (χ4n) is 1.54. The molecule has 1 heterocycles. The number of hydrogen-bond acceptors (Lipinski definition) is 4. The quantitative estimate of drug-likeness (QED) is 0.693. The Balaban J connectivity index is 2.61. The van der Waals surface area contributed by atoms with Crippen molar-refractivity contribution in [2.45, 2.75) is 13.0 Å². The number of anilines is 1. The van der Waals surface area contributed by atoms with Gasteiger partial charge in [0.2, 0.25) is 0 Å². The first kappa shape index (κ1) is 11.7. The lowest BCUT2D eigenvalue weighted by atomic mass is 10.2. The molecular weight excluding hydrogens is 234 g/mol. The Bertz CT molecular complexity index is 567. The van der Waals surface area contributed by atoms with E-state index < -0.39 is 0 Å². The summed E-state index contributed by atoms with van der Waals surface area (Å²) < 4.78 is 0. The highest BCUT2D eigenvalue weighted by molar-refractivity contribution is 7.80. The molecule has 88 valence electrons. The van der Waals surface area contributed by atoms with E-state index >= 15 is 0 Å². The summed E-state index contributed by atoms with van der Waals surface area (Å²) in [5, 5.41) is 2.95. The molecule has 2 rings (SSSR count). The van der Waals surface area contributed by atoms with Crippen molar-refractivity contribution in [3.05, 3.63) is 30.0 Å². The van der Waals surface area contributed by atoms with Gasteiger partial charge in [0.25, 0.3) is 0 Å². The zero-order valence-electron chi connectivity index (χ0n) is 9.34. The molecule has 5 nitrogen and oxygen atoms in total. The predicted octanol–water partition coefficient (Wildman–Crippen LogP) is 1.31. The molecule has 0 saturated carbocycles. The second-order valence-electron chi connectivity index (χ2n) is 3.72. The molecule has 0 amide bonds. The topological polar surface area (TPSA) is 89.8 Å². The number of thiocarbonyl (C=S) groups is 1. The molecule has 17 heavy (non-hydrogen) atoms. The molecule has 0 aliphatic carbocycles. The van der Waals surface area contributed by atoms with Crippen LogP contribution in [0.25, 0.3) is 11.0 Å². The number of rotatable bonds is 2. The van der Waals surface area contributed by atoms with Gasteiger partial charge >= 0.3 is 0 Å². The lowest BCUT2D eigenvalue weighted by molar-refractivity contribution is 0.784. The Morgan fingerprint density at radius 2 is 1.88 bits per heavy atom. The van der Waals surface area contributed by atoms with E-state index in [1.165, 1.54) is 0 Å². The lowest BCUT2D eigenvalue weighted by Gasteiger charge is -2.12. The molecule has 0 fully saturated rings. The van der Waals surface area contributed by atoms with Crippen molar-refractivity contribution >= 4 is 34.2 Å². The molecule has 0 bridgehead atoms. The van der Waals surface area contributed by atoms with E-state index in [9.17, 15) is 0 Å². The van der Waals surface area contributed by atoms with Gasteiger partial charge in [0.15, 0.2) is 10.9 Å². The highest BCUT2D eigenvalue weighted by Crippen LogP contribution is 2.20. The Kier molecular flexibility index (Phi) is 3.16. The van der Waals surface area contributed by atoms with Gasteiger partial charge in [-0.25, -0.2) is 9.97 Å². The SMILES string of the molecule is CC(N)c1nc2ccccc2nc1NC(N)=S. The third-order valence-corrected chi connectivity index (χ3v) is 2.37. The van der Waals surface area contributed by atoms with Crippen LogP contribution in [-0.4, -0.2) is 15.1 Å². The Morgan fingerprint density at radius 3 is 2.41 bits per heavy atom. The van der Waals surface area contributed by atoms with Gasteiger partial charge in [-0.1, -0.05) is 12.1 Å². The molecular formula is C11H13N5S. The fraction of sp³-hybridized carbons (Fsp3) is 0.182. The molecule has 1 unspecified atom stereocenters. The minimum atomic E-state index is -0.246. The monoisotopic (exact) mass is 247 g/mol. The van der Waals surface area contributed by atoms with Crippen LogP contribution in [0, 0.1) is 0 Å². The third-order valence-electron chi connectivity index (χ3n) is 2.27. The minimum absolute atomic E-state index is 0.150. The molecule has 6 heteroatoms. The van der Waals surface area contributed by atoms with Crippen molar-refractivity contribution in [3.8, 4) is 0 Å². The molecule has 1 aromatic carbocycles. The summed E-state index contributed by atoms with van der Waals surface area (Å²) in [5.41, 5.74) is 13.5. The van der Waals surface area contributed by atoms with Crippen LogP contribution in [-0.2, 0) is 0 Å². The van der Waals surface area contributed by atoms with Gasteiger partial charge in [-0.15, -0.1) is 0 Å². The summed E-state index contributed by atoms with van der Waals surface area (Å²) in [4.78, 5) is 8.88. The van der Waals surface area contributed by atoms with Crippen LogP contribution >= 0.6 is 12.2 Å². The summed E-state index contributed by atoms with van der Waals surface area (Å²) in [5.74, 6) is 0.520. The third kappa shape index (κ3) is 2.48. The predicted molar refractivity (Wildman–Crippen MR) is 72.5 cm³/mol. The molecule has 0 aliphatic rings. The van der Waals surface area contributed by atoms with Gasteiger partial charge < -0.3 is 16.8 Å². The van der Waals surface area contributed by atoms with Crippen LogP contribution in [0.1, 0.15) is 18.7 Å². The number of benzene rings is 1. The molecule has 0 aliphatic heterocycles. The van der Waals surface area contributed by atoms with E-state index in [2.05, 4.69) is 15.3 Å². The number of nitrogens with zero attached hydrogens (tertiary/aromatic N) is 2. The van der Waals surface area contributed by atoms with Crippen LogP contribution in [0.3, 0.4) is 0 Å². The standard InChI is InChI=1S/C11H13N5S/c1-6(12)9-10(16-11(13)17)15-8-5-3-2-4-7(8)14-9/h2-6H,12H2,1H3,(H3,13,15,16,17). The highest BCUT2D eigenvalue weighted by atomic mass is 32.1. The molecule has 1 aromatic heterocycles. The Hall–Kier alpha value is -1.79. The van der Waals surface area contributed by atoms with Gasteiger partial charge in [-0.05, 0) is 31.3 Å². The van der Waals surface area contributed by atoms with Gasteiger partial charge in [-0.3, -0.25) is 0 Å². The number of para-hydroxylation sites is 2. The van der Waals surface area contributed by atoms with Crippen molar-refractivity contribution < 1.29 is 0 Å². The van der Waals surface area contributed by atoms with Gasteiger partial charge in [-0.2, -0.15) is 0 Å². The summed E-state index contributed by atoms with van der Waals surface area (Å²) in [6.45, 7) is 1.84. The molecule has 5 N–H and O–H groups in total. The zero-order valence-corrected chi connectivity index (χ0v) is 10.2. The van der Waals surface area contributed by atoms with Crippen molar-refractivity contribution in [2.75, 3.05) is 5.32 Å². The van der Waals surface area contributed by atoms with E-state index in [1.807, 2.05) is 31.2 Å². The molecule has 2 aromatic rings. The van der Waals surface area contributed by atoms with Crippen molar-refractivity contribution in [1.29, 1.82) is 0 Å². The van der Waals surface area contributed by atoms with Crippen LogP contribution in [0.2, 0.25) is 0 Å². The smallest absolute Gasteiger partial charge is 0.169 e. The first-order chi connectivity index (χ1) is 8.08. The number of aromatic nitrogens is 2. The number of nitrogens with one attached hydrogen (secondary N) is 1. The van der Waals surface area contributed by atoms with Gasteiger partial charge in [0, 0.05) is 6.04 Å². The normalized spacial score (nSPS) is 12.4. The second-order valence-corrected chi connectivity index (χ2v) is 4.16. The maximum Gasteiger partial charge on any atom is 0.169 e. The first-order valence-electron chi connectivity index (χ1n) is 5.16. The van der Waals surface area contributed by atoms with Gasteiger partial charge in [0.1, 0.15) is 5.69 Å². The summed E-state index contributed by atoms with van der Waals surface area (Å²) in [7, 11) is 0. The number of fused-ring (bicyclic) bond motifs is 1. The average molecular weight is 247 g/mol. The Labute approximate surface area is 104 Å². The van der Waals surface area contributed by atoms with Crippen molar-refractivity contribution in [1.82, 2.24) is 9.97 Å². The summed E-state index contributed by atoms with van der Waals surface area (Å²) >= 11 is 4.80. The van der Waals surface area contributed by atoms with E-state index in [1.54, 1.807) is 0 Å². The maximum absolute atomic E-state index is 5.85. The van der Waals surface area contributed by atoms with Crippen LogP contribution in [0.4, 0.5) is 5.82 Å². The largest absolute Gasteiger partial charge is 0.376 e. The second kappa shape index (κ2) is 4.60. The molecule has 0 spiro atoms. The number of nitrogens with two attached hydrogens (primary N) is 2. The van der Waals surface area contributed by atoms with Crippen molar-refractivity contribution in [3.63, 3.8) is 0 Å².